The first-order valence-electron chi connectivity index (χ1n) is 16.4. The summed E-state index contributed by atoms with van der Waals surface area (Å²) in [5.74, 6) is 0.763. The minimum atomic E-state index is -0.495. The van der Waals surface area contributed by atoms with E-state index in [4.69, 9.17) is 14.2 Å². The lowest BCUT2D eigenvalue weighted by atomic mass is 9.91. The standard InChI is InChI=1S/C45H33NO5/c1-4-42-41-29-35(17-28-43(41)51-42)34-11-22-38(23-12-34)46(36-18-7-30(8-19-36)32-13-24-39(25-14-32)49-44(47)5-2)37-20-9-31(10-21-37)33-15-26-40(27-16-33)50-45(48)6-3/h4-29,43H,1-3H2. The third-order valence-corrected chi connectivity index (χ3v) is 8.65. The number of esters is 2. The molecular formula is C45H33NO5. The summed E-state index contributed by atoms with van der Waals surface area (Å²) in [4.78, 5) is 25.4. The zero-order chi connectivity index (χ0) is 35.3. The molecule has 0 amide bonds. The molecule has 51 heavy (non-hydrogen) atoms. The average molecular weight is 668 g/mol. The van der Waals surface area contributed by atoms with Gasteiger partial charge in [-0.2, -0.15) is 0 Å². The minimum absolute atomic E-state index is 0.00270. The molecule has 1 atom stereocenters. The lowest BCUT2D eigenvalue weighted by Gasteiger charge is -2.32. The summed E-state index contributed by atoms with van der Waals surface area (Å²) in [5, 5.41) is 0. The molecule has 0 fully saturated rings. The van der Waals surface area contributed by atoms with Gasteiger partial charge in [0.25, 0.3) is 0 Å². The molecule has 2 aliphatic rings. The van der Waals surface area contributed by atoms with Crippen LogP contribution in [0.3, 0.4) is 0 Å². The van der Waals surface area contributed by atoms with Gasteiger partial charge in [0.05, 0.1) is 0 Å². The number of hydrogen-bond acceptors (Lipinski definition) is 6. The smallest absolute Gasteiger partial charge is 0.335 e. The van der Waals surface area contributed by atoms with Gasteiger partial charge in [-0.25, -0.2) is 9.59 Å². The molecule has 0 saturated carbocycles. The van der Waals surface area contributed by atoms with Crippen molar-refractivity contribution in [2.45, 2.75) is 6.10 Å². The van der Waals surface area contributed by atoms with Crippen molar-refractivity contribution in [3.8, 4) is 33.8 Å². The Morgan fingerprint density at radius 3 is 1.35 bits per heavy atom. The summed E-state index contributed by atoms with van der Waals surface area (Å²) in [6.07, 6.45) is 10.4. The van der Waals surface area contributed by atoms with Crippen molar-refractivity contribution in [1.82, 2.24) is 0 Å². The number of ether oxygens (including phenoxy) is 3. The third kappa shape index (κ3) is 6.98. The number of fused-ring (bicyclic) bond motifs is 1. The van der Waals surface area contributed by atoms with Crippen LogP contribution < -0.4 is 14.4 Å². The Kier molecular flexibility index (Phi) is 9.14. The first-order valence-corrected chi connectivity index (χ1v) is 16.4. The monoisotopic (exact) mass is 667 g/mol. The number of anilines is 3. The van der Waals surface area contributed by atoms with Crippen LogP contribution in [0.5, 0.6) is 11.5 Å². The van der Waals surface area contributed by atoms with Crippen molar-refractivity contribution in [3.05, 3.63) is 194 Å². The summed E-state index contributed by atoms with van der Waals surface area (Å²) < 4.78 is 16.2. The Morgan fingerprint density at radius 1 is 0.569 bits per heavy atom. The predicted molar refractivity (Wildman–Crippen MR) is 203 cm³/mol. The first-order chi connectivity index (χ1) is 24.9. The molecule has 6 nitrogen and oxygen atoms in total. The molecule has 248 valence electrons. The number of nitrogens with zero attached hydrogens (tertiary/aromatic N) is 1. The van der Waals surface area contributed by atoms with Crippen molar-refractivity contribution in [2.75, 3.05) is 4.90 Å². The molecule has 0 aromatic heterocycles. The average Bonchev–Trinajstić information content (AvgIpc) is 3.17. The van der Waals surface area contributed by atoms with Crippen LogP contribution >= 0.6 is 0 Å². The van der Waals surface area contributed by atoms with Crippen LogP contribution in [-0.2, 0) is 14.3 Å². The van der Waals surface area contributed by atoms with E-state index in [9.17, 15) is 9.59 Å². The van der Waals surface area contributed by atoms with Gasteiger partial charge in [0.1, 0.15) is 23.4 Å². The number of hydrogen-bond donors (Lipinski definition) is 0. The van der Waals surface area contributed by atoms with Crippen LogP contribution in [0.25, 0.3) is 27.8 Å². The van der Waals surface area contributed by atoms with Gasteiger partial charge >= 0.3 is 11.9 Å². The maximum absolute atomic E-state index is 11.6. The summed E-state index contributed by atoms with van der Waals surface area (Å²) >= 11 is 0. The minimum Gasteiger partial charge on any atom is -0.481 e. The van der Waals surface area contributed by atoms with Gasteiger partial charge in [-0.1, -0.05) is 86.5 Å². The van der Waals surface area contributed by atoms with Gasteiger partial charge in [0.15, 0.2) is 0 Å². The van der Waals surface area contributed by atoms with Crippen molar-refractivity contribution in [1.29, 1.82) is 0 Å². The van der Waals surface area contributed by atoms with Crippen LogP contribution in [0.2, 0.25) is 0 Å². The molecule has 1 aliphatic carbocycles. The molecular weight excluding hydrogens is 634 g/mol. The summed E-state index contributed by atoms with van der Waals surface area (Å²) in [7, 11) is 0. The van der Waals surface area contributed by atoms with E-state index in [1.165, 1.54) is 0 Å². The fraction of sp³-hybridized carbons (Fsp3) is 0.0222. The van der Waals surface area contributed by atoms with Crippen LogP contribution in [0.4, 0.5) is 17.1 Å². The van der Waals surface area contributed by atoms with Crippen molar-refractivity contribution in [3.63, 3.8) is 0 Å². The molecule has 6 heteroatoms. The van der Waals surface area contributed by atoms with Crippen LogP contribution in [0.15, 0.2) is 189 Å². The Morgan fingerprint density at radius 2 is 0.961 bits per heavy atom. The Bertz CT molecular complexity index is 2110. The lowest BCUT2D eigenvalue weighted by Crippen LogP contribution is -2.25. The van der Waals surface area contributed by atoms with E-state index >= 15 is 0 Å². The molecule has 1 heterocycles. The molecule has 0 radical (unpaired) electrons. The molecule has 7 rings (SSSR count). The zero-order valence-electron chi connectivity index (χ0n) is 27.7. The third-order valence-electron chi connectivity index (χ3n) is 8.65. The van der Waals surface area contributed by atoms with Crippen LogP contribution in [-0.4, -0.2) is 18.0 Å². The van der Waals surface area contributed by atoms with E-state index in [1.807, 2.05) is 24.3 Å². The van der Waals surface area contributed by atoms with Gasteiger partial charge in [0, 0.05) is 34.8 Å². The summed E-state index contributed by atoms with van der Waals surface area (Å²) in [6, 6.07) is 40.0. The van der Waals surface area contributed by atoms with Gasteiger partial charge in [-0.3, -0.25) is 0 Å². The van der Waals surface area contributed by atoms with E-state index in [1.54, 1.807) is 30.3 Å². The van der Waals surface area contributed by atoms with Crippen molar-refractivity contribution >= 4 is 34.6 Å². The van der Waals surface area contributed by atoms with E-state index in [-0.39, 0.29) is 6.10 Å². The van der Waals surface area contributed by atoms with Crippen molar-refractivity contribution in [2.24, 2.45) is 0 Å². The normalized spacial score (nSPS) is 14.2. The Labute approximate surface area is 296 Å². The highest BCUT2D eigenvalue weighted by Crippen LogP contribution is 2.39. The highest BCUT2D eigenvalue weighted by molar-refractivity contribution is 5.85. The number of carbonyl (C=O) groups is 2. The second kappa shape index (κ2) is 14.3. The van der Waals surface area contributed by atoms with Gasteiger partial charge in [-0.15, -0.1) is 0 Å². The van der Waals surface area contributed by atoms with E-state index < -0.39 is 11.9 Å². The fourth-order valence-corrected chi connectivity index (χ4v) is 6.00. The Hall–Kier alpha value is -6.92. The molecule has 1 unspecified atom stereocenters. The van der Waals surface area contributed by atoms with E-state index in [0.29, 0.717) is 11.5 Å². The van der Waals surface area contributed by atoms with Crippen molar-refractivity contribution < 1.29 is 23.8 Å². The largest absolute Gasteiger partial charge is 0.481 e. The molecule has 1 aliphatic heterocycles. The number of rotatable bonds is 11. The van der Waals surface area contributed by atoms with Crippen LogP contribution in [0.1, 0.15) is 5.56 Å². The Balaban J connectivity index is 1.19. The molecule has 0 bridgehead atoms. The number of allylic oxidation sites excluding steroid dienone is 3. The SMILES string of the molecule is C=CC(=O)Oc1ccc(-c2ccc(N(c3ccc(C4=CC5=C(C=C)OC5C=C4)cc3)c3ccc(-c4ccc(OC(=O)C=C)cc4)cc3)cc2)cc1. The number of benzene rings is 5. The second-order valence-electron chi connectivity index (χ2n) is 11.8. The van der Waals surface area contributed by atoms with Gasteiger partial charge in [0.2, 0.25) is 0 Å². The fourth-order valence-electron chi connectivity index (χ4n) is 6.00. The number of carbonyl (C=O) groups excluding carboxylic acids is 2. The maximum Gasteiger partial charge on any atom is 0.335 e. The van der Waals surface area contributed by atoms with E-state index in [0.717, 1.165) is 73.9 Å². The summed E-state index contributed by atoms with van der Waals surface area (Å²) in [6.45, 7) is 10.8. The molecule has 0 N–H and O–H groups in total. The lowest BCUT2D eigenvalue weighted by molar-refractivity contribution is -0.129. The summed E-state index contributed by atoms with van der Waals surface area (Å²) in [5.41, 5.74) is 10.4. The van der Waals surface area contributed by atoms with E-state index in [2.05, 4.69) is 116 Å². The highest BCUT2D eigenvalue weighted by atomic mass is 16.5. The predicted octanol–water partition coefficient (Wildman–Crippen LogP) is 10.5. The van der Waals surface area contributed by atoms with Gasteiger partial charge < -0.3 is 19.1 Å². The molecule has 0 saturated heterocycles. The first kappa shape index (κ1) is 32.6. The quantitative estimate of drug-likeness (QED) is 0.0794. The highest BCUT2D eigenvalue weighted by Gasteiger charge is 2.28. The van der Waals surface area contributed by atoms with Crippen LogP contribution in [0, 0.1) is 0 Å². The topological polar surface area (TPSA) is 65.1 Å². The molecule has 5 aromatic rings. The molecule has 0 spiro atoms. The van der Waals surface area contributed by atoms with Gasteiger partial charge in [-0.05, 0) is 112 Å². The zero-order valence-corrected chi connectivity index (χ0v) is 27.7. The maximum atomic E-state index is 11.6. The second-order valence-corrected chi connectivity index (χ2v) is 11.8. The molecule has 5 aromatic carbocycles.